The molecule has 2 aliphatic rings. The topological polar surface area (TPSA) is 102 Å². The van der Waals surface area contributed by atoms with Crippen LogP contribution >= 0.6 is 0 Å². The van der Waals surface area contributed by atoms with Crippen LogP contribution in [0.4, 0.5) is 23.7 Å². The molecule has 0 bridgehead atoms. The van der Waals surface area contributed by atoms with Gasteiger partial charge in [-0.15, -0.1) is 0 Å². The highest BCUT2D eigenvalue weighted by Gasteiger charge is 2.45. The molecule has 1 N–H and O–H groups in total. The van der Waals surface area contributed by atoms with Gasteiger partial charge >= 0.3 is 18.2 Å². The quantitative estimate of drug-likeness (QED) is 0.702. The summed E-state index contributed by atoms with van der Waals surface area (Å²) in [4.78, 5) is 40.3. The lowest BCUT2D eigenvalue weighted by molar-refractivity contribution is -0.138. The van der Waals surface area contributed by atoms with Crippen LogP contribution in [0.1, 0.15) is 42.0 Å². The maximum atomic E-state index is 13.6. The van der Waals surface area contributed by atoms with E-state index >= 15 is 0 Å². The number of rotatable bonds is 4. The molecule has 7 nitrogen and oxygen atoms in total. The average molecular weight is 469 g/mol. The van der Waals surface area contributed by atoms with E-state index in [1.165, 1.54) is 30.3 Å². The summed E-state index contributed by atoms with van der Waals surface area (Å²) in [6.45, 7) is -0.775. The first-order valence-corrected chi connectivity index (χ1v) is 10.4. The SMILES string of the molecule is N#Cc1ccc([C@@H]2C3=C(CCCC3=O)N(c3cccc(C(F)(F)F)c3)C(=O)N2CC(=O)O)cc1. The van der Waals surface area contributed by atoms with Crippen LogP contribution in [-0.4, -0.2) is 34.3 Å². The molecule has 0 saturated carbocycles. The van der Waals surface area contributed by atoms with E-state index in [0.29, 0.717) is 17.5 Å². The van der Waals surface area contributed by atoms with Crippen molar-refractivity contribution in [2.24, 2.45) is 0 Å². The third kappa shape index (κ3) is 4.12. The number of carboxylic acid groups (broad SMARTS) is 1. The normalized spacial score (nSPS) is 18.6. The first kappa shape index (κ1) is 23.0. The number of nitrogens with zero attached hydrogens (tertiary/aromatic N) is 3. The lowest BCUT2D eigenvalue weighted by atomic mass is 9.83. The second-order valence-corrected chi connectivity index (χ2v) is 7.96. The Morgan fingerprint density at radius 3 is 2.44 bits per heavy atom. The van der Waals surface area contributed by atoms with Gasteiger partial charge in [0.2, 0.25) is 0 Å². The Morgan fingerprint density at radius 1 is 1.12 bits per heavy atom. The van der Waals surface area contributed by atoms with Gasteiger partial charge in [0.15, 0.2) is 5.78 Å². The minimum absolute atomic E-state index is 0.101. The van der Waals surface area contributed by atoms with Crippen molar-refractivity contribution in [1.29, 1.82) is 5.26 Å². The predicted octanol–water partition coefficient (Wildman–Crippen LogP) is 4.65. The molecular weight excluding hydrogens is 451 g/mol. The molecule has 34 heavy (non-hydrogen) atoms. The minimum Gasteiger partial charge on any atom is -0.480 e. The van der Waals surface area contributed by atoms with Crippen molar-refractivity contribution in [3.63, 3.8) is 0 Å². The molecule has 10 heteroatoms. The number of allylic oxidation sites excluding steroid dienone is 1. The Hall–Kier alpha value is -4.13. The molecule has 0 aromatic heterocycles. The molecule has 0 unspecified atom stereocenters. The second-order valence-electron chi connectivity index (χ2n) is 7.96. The molecule has 0 spiro atoms. The third-order valence-corrected chi connectivity index (χ3v) is 5.81. The number of hydrogen-bond donors (Lipinski definition) is 1. The van der Waals surface area contributed by atoms with Crippen LogP contribution in [-0.2, 0) is 15.8 Å². The van der Waals surface area contributed by atoms with Crippen molar-refractivity contribution in [3.05, 3.63) is 76.5 Å². The number of nitriles is 1. The van der Waals surface area contributed by atoms with Gasteiger partial charge in [0, 0.05) is 17.7 Å². The average Bonchev–Trinajstić information content (AvgIpc) is 2.79. The van der Waals surface area contributed by atoms with Gasteiger partial charge in [-0.1, -0.05) is 18.2 Å². The van der Waals surface area contributed by atoms with Gasteiger partial charge in [-0.25, -0.2) is 4.79 Å². The first-order chi connectivity index (χ1) is 16.1. The third-order valence-electron chi connectivity index (χ3n) is 5.81. The van der Waals surface area contributed by atoms with E-state index in [2.05, 4.69) is 0 Å². The standard InChI is InChI=1S/C24H18F3N3O4/c25-24(26,27)16-3-1-4-17(11-16)30-18-5-2-6-19(31)21(18)22(29(23(30)34)13-20(32)33)15-9-7-14(12-28)8-10-15/h1,3-4,7-11,22H,2,5-6,13H2,(H,32,33)/t22-/m1/s1. The lowest BCUT2D eigenvalue weighted by Crippen LogP contribution is -2.53. The van der Waals surface area contributed by atoms with Gasteiger partial charge in [-0.2, -0.15) is 18.4 Å². The molecule has 1 atom stereocenters. The Kier molecular flexibility index (Phi) is 5.87. The molecular formula is C24H18F3N3O4. The largest absolute Gasteiger partial charge is 0.480 e. The van der Waals surface area contributed by atoms with Crippen LogP contribution in [0.15, 0.2) is 59.8 Å². The fourth-order valence-corrected chi connectivity index (χ4v) is 4.38. The summed E-state index contributed by atoms with van der Waals surface area (Å²) in [5, 5.41) is 18.6. The van der Waals surface area contributed by atoms with Crippen molar-refractivity contribution in [2.45, 2.75) is 31.5 Å². The fraction of sp³-hybridized carbons (Fsp3) is 0.250. The monoisotopic (exact) mass is 469 g/mol. The summed E-state index contributed by atoms with van der Waals surface area (Å²) in [6, 6.07) is 10.3. The number of urea groups is 1. The number of carboxylic acids is 1. The van der Waals surface area contributed by atoms with E-state index in [4.69, 9.17) is 5.26 Å². The number of ketones is 1. The Balaban J connectivity index is 1.94. The van der Waals surface area contributed by atoms with Crippen LogP contribution in [0.25, 0.3) is 0 Å². The molecule has 2 aromatic carbocycles. The van der Waals surface area contributed by atoms with Crippen molar-refractivity contribution < 1.29 is 32.7 Å². The van der Waals surface area contributed by atoms with E-state index in [-0.39, 0.29) is 35.6 Å². The molecule has 1 aliphatic heterocycles. The number of carbonyl (C=O) groups excluding carboxylic acids is 2. The number of carbonyl (C=O) groups is 3. The van der Waals surface area contributed by atoms with Gasteiger partial charge in [0.05, 0.1) is 28.9 Å². The zero-order valence-corrected chi connectivity index (χ0v) is 17.7. The van der Waals surface area contributed by atoms with E-state index in [1.807, 2.05) is 6.07 Å². The van der Waals surface area contributed by atoms with Crippen molar-refractivity contribution in [3.8, 4) is 6.07 Å². The number of aliphatic carboxylic acids is 1. The predicted molar refractivity (Wildman–Crippen MR) is 113 cm³/mol. The lowest BCUT2D eigenvalue weighted by Gasteiger charge is -2.44. The Morgan fingerprint density at radius 2 is 1.82 bits per heavy atom. The Labute approximate surface area is 192 Å². The number of anilines is 1. The molecule has 0 radical (unpaired) electrons. The highest BCUT2D eigenvalue weighted by Crippen LogP contribution is 2.44. The number of amides is 2. The van der Waals surface area contributed by atoms with Gasteiger partial charge in [-0.05, 0) is 48.7 Å². The summed E-state index contributed by atoms with van der Waals surface area (Å²) >= 11 is 0. The van der Waals surface area contributed by atoms with Crippen molar-refractivity contribution in [2.75, 3.05) is 11.4 Å². The maximum Gasteiger partial charge on any atom is 0.416 e. The molecule has 4 rings (SSSR count). The van der Waals surface area contributed by atoms with Crippen LogP contribution in [0.2, 0.25) is 0 Å². The van der Waals surface area contributed by atoms with E-state index in [0.717, 1.165) is 28.0 Å². The van der Waals surface area contributed by atoms with Gasteiger partial charge in [0.1, 0.15) is 6.54 Å². The minimum atomic E-state index is -4.65. The zero-order chi connectivity index (χ0) is 24.6. The van der Waals surface area contributed by atoms with E-state index in [9.17, 15) is 32.7 Å². The van der Waals surface area contributed by atoms with Gasteiger partial charge in [0.25, 0.3) is 0 Å². The highest BCUT2D eigenvalue weighted by molar-refractivity contribution is 6.07. The van der Waals surface area contributed by atoms with Crippen LogP contribution in [0.5, 0.6) is 0 Å². The molecule has 2 amide bonds. The molecule has 1 heterocycles. The molecule has 1 aliphatic carbocycles. The molecule has 0 fully saturated rings. The fourth-order valence-electron chi connectivity index (χ4n) is 4.38. The molecule has 0 saturated heterocycles. The summed E-state index contributed by atoms with van der Waals surface area (Å²) in [5.74, 6) is -1.65. The zero-order valence-electron chi connectivity index (χ0n) is 17.7. The number of hydrogen-bond acceptors (Lipinski definition) is 4. The van der Waals surface area contributed by atoms with Crippen molar-refractivity contribution >= 4 is 23.5 Å². The maximum absolute atomic E-state index is 13.6. The summed E-state index contributed by atoms with van der Waals surface area (Å²) < 4.78 is 40.0. The number of halogens is 3. The smallest absolute Gasteiger partial charge is 0.416 e. The summed E-state index contributed by atoms with van der Waals surface area (Å²) in [7, 11) is 0. The Bertz CT molecular complexity index is 1250. The van der Waals surface area contributed by atoms with Crippen molar-refractivity contribution in [1.82, 2.24) is 4.90 Å². The number of Topliss-reactive ketones (excluding diaryl/α,β-unsaturated/α-hetero) is 1. The molecule has 174 valence electrons. The molecule has 2 aromatic rings. The summed E-state index contributed by atoms with van der Waals surface area (Å²) in [5.41, 5.74) is 0.132. The number of benzene rings is 2. The second kappa shape index (κ2) is 8.67. The highest BCUT2D eigenvalue weighted by atomic mass is 19.4. The summed E-state index contributed by atoms with van der Waals surface area (Å²) in [6.07, 6.45) is -3.83. The van der Waals surface area contributed by atoms with Gasteiger partial charge in [-0.3, -0.25) is 14.5 Å². The van der Waals surface area contributed by atoms with Crippen LogP contribution < -0.4 is 4.90 Å². The van der Waals surface area contributed by atoms with E-state index in [1.54, 1.807) is 0 Å². The number of alkyl halides is 3. The van der Waals surface area contributed by atoms with Gasteiger partial charge < -0.3 is 10.0 Å². The van der Waals surface area contributed by atoms with Crippen LogP contribution in [0.3, 0.4) is 0 Å². The first-order valence-electron chi connectivity index (χ1n) is 10.4. The van der Waals surface area contributed by atoms with Crippen LogP contribution in [0, 0.1) is 11.3 Å². The van der Waals surface area contributed by atoms with E-state index < -0.39 is 36.3 Å².